The van der Waals surface area contributed by atoms with Gasteiger partial charge in [0.05, 0.1) is 33.3 Å². The maximum Gasteiger partial charge on any atom is 0.227 e. The molecule has 2 aliphatic rings. The molecule has 0 aromatic heterocycles. The van der Waals surface area contributed by atoms with Crippen LogP contribution >= 0.6 is 0 Å². The molecule has 166 valence electrons. The molecular weight excluding hydrogens is 392 g/mol. The van der Waals surface area contributed by atoms with Crippen LogP contribution in [0.25, 0.3) is 0 Å². The molecule has 0 radical (unpaired) electrons. The van der Waals surface area contributed by atoms with Crippen LogP contribution in [0.5, 0.6) is 11.5 Å². The summed E-state index contributed by atoms with van der Waals surface area (Å²) in [5.74, 6) is 1.76. The van der Waals surface area contributed by atoms with E-state index in [-0.39, 0.29) is 5.91 Å². The Labute approximate surface area is 184 Å². The standard InChI is InChI=1S/C25H32N2O4/c1-29-23-7-4-20(5-8-23)17-25(28)27-13-15-31-24-9-6-21(16-22(24)18-27)19-30-14-12-26-10-2-3-11-26/h4-9,16H,2-3,10-15,17-19H2,1H3. The maximum absolute atomic E-state index is 12.9. The van der Waals surface area contributed by atoms with Gasteiger partial charge in [0, 0.05) is 18.7 Å². The fraction of sp³-hybridized carbons (Fsp3) is 0.480. The zero-order chi connectivity index (χ0) is 21.5. The molecule has 4 rings (SSSR count). The smallest absolute Gasteiger partial charge is 0.227 e. The van der Waals surface area contributed by atoms with Crippen LogP contribution in [-0.4, -0.2) is 62.2 Å². The normalized spacial score (nSPS) is 16.5. The highest BCUT2D eigenvalue weighted by Crippen LogP contribution is 2.25. The molecule has 1 saturated heterocycles. The topological polar surface area (TPSA) is 51.2 Å². The summed E-state index contributed by atoms with van der Waals surface area (Å²) in [7, 11) is 1.64. The van der Waals surface area contributed by atoms with Crippen molar-refractivity contribution in [2.75, 3.05) is 46.5 Å². The highest BCUT2D eigenvalue weighted by Gasteiger charge is 2.20. The summed E-state index contributed by atoms with van der Waals surface area (Å²) < 4.78 is 17.0. The fourth-order valence-electron chi connectivity index (χ4n) is 4.17. The van der Waals surface area contributed by atoms with E-state index in [1.807, 2.05) is 35.2 Å². The predicted molar refractivity (Wildman–Crippen MR) is 119 cm³/mol. The van der Waals surface area contributed by atoms with Crippen LogP contribution in [0.2, 0.25) is 0 Å². The van der Waals surface area contributed by atoms with Crippen molar-refractivity contribution < 1.29 is 19.0 Å². The minimum Gasteiger partial charge on any atom is -0.497 e. The van der Waals surface area contributed by atoms with Crippen molar-refractivity contribution in [1.29, 1.82) is 0 Å². The number of carbonyl (C=O) groups is 1. The summed E-state index contributed by atoms with van der Waals surface area (Å²) in [6.07, 6.45) is 2.98. The van der Waals surface area contributed by atoms with Gasteiger partial charge in [-0.1, -0.05) is 18.2 Å². The first kappa shape index (κ1) is 21.7. The average molecular weight is 425 g/mol. The minimum atomic E-state index is 0.105. The number of hydrogen-bond donors (Lipinski definition) is 0. The lowest BCUT2D eigenvalue weighted by Crippen LogP contribution is -2.33. The average Bonchev–Trinajstić information content (AvgIpc) is 3.22. The molecular formula is C25H32N2O4. The van der Waals surface area contributed by atoms with E-state index >= 15 is 0 Å². The molecule has 0 N–H and O–H groups in total. The minimum absolute atomic E-state index is 0.105. The molecule has 1 amide bonds. The Hall–Kier alpha value is -2.57. The van der Waals surface area contributed by atoms with Gasteiger partial charge in [-0.25, -0.2) is 0 Å². The van der Waals surface area contributed by atoms with E-state index in [2.05, 4.69) is 17.0 Å². The van der Waals surface area contributed by atoms with Crippen LogP contribution in [0.15, 0.2) is 42.5 Å². The second kappa shape index (κ2) is 10.6. The summed E-state index contributed by atoms with van der Waals surface area (Å²) >= 11 is 0. The first-order valence-corrected chi connectivity index (χ1v) is 11.2. The van der Waals surface area contributed by atoms with E-state index in [0.29, 0.717) is 32.7 Å². The SMILES string of the molecule is COc1ccc(CC(=O)N2CCOc3ccc(COCCN4CCCC4)cc3C2)cc1. The van der Waals surface area contributed by atoms with E-state index in [1.54, 1.807) is 7.11 Å². The number of hydrogen-bond acceptors (Lipinski definition) is 5. The molecule has 0 unspecified atom stereocenters. The van der Waals surface area contributed by atoms with Crippen LogP contribution < -0.4 is 9.47 Å². The molecule has 0 aliphatic carbocycles. The van der Waals surface area contributed by atoms with Crippen molar-refractivity contribution in [3.63, 3.8) is 0 Å². The van der Waals surface area contributed by atoms with Gasteiger partial charge in [0.15, 0.2) is 0 Å². The Balaban J connectivity index is 1.32. The van der Waals surface area contributed by atoms with Crippen molar-refractivity contribution in [3.8, 4) is 11.5 Å². The second-order valence-electron chi connectivity index (χ2n) is 8.23. The van der Waals surface area contributed by atoms with Gasteiger partial charge >= 0.3 is 0 Å². The van der Waals surface area contributed by atoms with Crippen molar-refractivity contribution in [1.82, 2.24) is 9.80 Å². The predicted octanol–water partition coefficient (Wildman–Crippen LogP) is 3.27. The number of nitrogens with zero attached hydrogens (tertiary/aromatic N) is 2. The molecule has 0 spiro atoms. The second-order valence-corrected chi connectivity index (χ2v) is 8.23. The Kier molecular flexibility index (Phi) is 7.43. The summed E-state index contributed by atoms with van der Waals surface area (Å²) in [6, 6.07) is 13.8. The quantitative estimate of drug-likeness (QED) is 0.609. The third-order valence-corrected chi connectivity index (χ3v) is 5.99. The van der Waals surface area contributed by atoms with Gasteiger partial charge in [-0.15, -0.1) is 0 Å². The number of amides is 1. The Bertz CT molecular complexity index is 862. The van der Waals surface area contributed by atoms with Crippen LogP contribution in [0.4, 0.5) is 0 Å². The number of ether oxygens (including phenoxy) is 3. The molecule has 2 aromatic carbocycles. The molecule has 1 fully saturated rings. The lowest BCUT2D eigenvalue weighted by atomic mass is 10.1. The summed E-state index contributed by atoms with van der Waals surface area (Å²) in [4.78, 5) is 17.3. The van der Waals surface area contributed by atoms with Crippen LogP contribution in [-0.2, 0) is 29.1 Å². The molecule has 2 aromatic rings. The fourth-order valence-corrected chi connectivity index (χ4v) is 4.17. The number of carbonyl (C=O) groups excluding carboxylic acids is 1. The Morgan fingerprint density at radius 3 is 2.58 bits per heavy atom. The van der Waals surface area contributed by atoms with E-state index in [1.165, 1.54) is 25.9 Å². The third-order valence-electron chi connectivity index (χ3n) is 5.99. The molecule has 2 aliphatic heterocycles. The monoisotopic (exact) mass is 424 g/mol. The van der Waals surface area contributed by atoms with Crippen molar-refractivity contribution >= 4 is 5.91 Å². The first-order valence-electron chi connectivity index (χ1n) is 11.2. The van der Waals surface area contributed by atoms with Gasteiger partial charge in [0.1, 0.15) is 18.1 Å². The summed E-state index contributed by atoms with van der Waals surface area (Å²) in [6.45, 7) is 6.38. The van der Waals surface area contributed by atoms with Crippen LogP contribution in [0, 0.1) is 0 Å². The molecule has 6 nitrogen and oxygen atoms in total. The zero-order valence-electron chi connectivity index (χ0n) is 18.3. The lowest BCUT2D eigenvalue weighted by molar-refractivity contribution is -0.131. The molecule has 0 saturated carbocycles. The highest BCUT2D eigenvalue weighted by molar-refractivity contribution is 5.79. The number of benzene rings is 2. The maximum atomic E-state index is 12.9. The first-order chi connectivity index (χ1) is 15.2. The van der Waals surface area contributed by atoms with Crippen LogP contribution in [0.3, 0.4) is 0 Å². The van der Waals surface area contributed by atoms with Crippen molar-refractivity contribution in [3.05, 3.63) is 59.2 Å². The number of rotatable bonds is 8. The van der Waals surface area contributed by atoms with Crippen molar-refractivity contribution in [2.45, 2.75) is 32.4 Å². The number of fused-ring (bicyclic) bond motifs is 1. The summed E-state index contributed by atoms with van der Waals surface area (Å²) in [5, 5.41) is 0. The highest BCUT2D eigenvalue weighted by atomic mass is 16.5. The van der Waals surface area contributed by atoms with Gasteiger partial charge in [-0.3, -0.25) is 4.79 Å². The molecule has 0 bridgehead atoms. The van der Waals surface area contributed by atoms with E-state index in [4.69, 9.17) is 14.2 Å². The van der Waals surface area contributed by atoms with Gasteiger partial charge in [-0.2, -0.15) is 0 Å². The van der Waals surface area contributed by atoms with Gasteiger partial charge < -0.3 is 24.0 Å². The van der Waals surface area contributed by atoms with E-state index in [0.717, 1.165) is 41.3 Å². The van der Waals surface area contributed by atoms with E-state index < -0.39 is 0 Å². The molecule has 2 heterocycles. The van der Waals surface area contributed by atoms with Crippen LogP contribution in [0.1, 0.15) is 29.5 Å². The van der Waals surface area contributed by atoms with Gasteiger partial charge in [0.25, 0.3) is 0 Å². The van der Waals surface area contributed by atoms with Gasteiger partial charge in [0.2, 0.25) is 5.91 Å². The van der Waals surface area contributed by atoms with Gasteiger partial charge in [-0.05, 0) is 61.3 Å². The number of methoxy groups -OCH3 is 1. The largest absolute Gasteiger partial charge is 0.497 e. The zero-order valence-corrected chi connectivity index (χ0v) is 18.3. The molecule has 0 atom stereocenters. The summed E-state index contributed by atoms with van der Waals surface area (Å²) in [5.41, 5.74) is 3.14. The van der Waals surface area contributed by atoms with Crippen molar-refractivity contribution in [2.24, 2.45) is 0 Å². The third kappa shape index (κ3) is 5.99. The number of likely N-dealkylation sites (tertiary alicyclic amines) is 1. The Morgan fingerprint density at radius 2 is 1.81 bits per heavy atom. The lowest BCUT2D eigenvalue weighted by Gasteiger charge is -2.20. The van der Waals surface area contributed by atoms with E-state index in [9.17, 15) is 4.79 Å². The Morgan fingerprint density at radius 1 is 1.03 bits per heavy atom. The molecule has 31 heavy (non-hydrogen) atoms. The molecule has 6 heteroatoms.